The van der Waals surface area contributed by atoms with Crippen LogP contribution in [0.5, 0.6) is 0 Å². The number of hydrogen-bond donors (Lipinski definition) is 0. The molecule has 4 heteroatoms. The molecule has 3 aromatic rings. The van der Waals surface area contributed by atoms with E-state index in [0.29, 0.717) is 5.82 Å². The van der Waals surface area contributed by atoms with Gasteiger partial charge in [-0.25, -0.2) is 0 Å². The van der Waals surface area contributed by atoms with E-state index in [9.17, 15) is 0 Å². The van der Waals surface area contributed by atoms with Gasteiger partial charge in [-0.15, -0.1) is 0 Å². The molecule has 0 aliphatic carbocycles. The fourth-order valence-corrected chi connectivity index (χ4v) is 1.67. The van der Waals surface area contributed by atoms with Crippen LogP contribution >= 0.6 is 0 Å². The van der Waals surface area contributed by atoms with Crippen molar-refractivity contribution in [1.82, 2.24) is 15.1 Å². The minimum absolute atomic E-state index is 0.593. The molecule has 3 rings (SSSR count). The fraction of sp³-hybridized carbons (Fsp3) is 0. The van der Waals surface area contributed by atoms with E-state index in [1.54, 1.807) is 6.20 Å². The summed E-state index contributed by atoms with van der Waals surface area (Å²) in [5, 5.41) is 3.82. The second-order valence-electron chi connectivity index (χ2n) is 3.58. The maximum Gasteiger partial charge on any atom is 0.214 e. The largest absolute Gasteiger partial charge is 0.342 e. The maximum absolute atomic E-state index is 4.74. The van der Waals surface area contributed by atoms with Crippen molar-refractivity contribution in [3.63, 3.8) is 0 Å². The summed E-state index contributed by atoms with van der Waals surface area (Å²) >= 11 is 0. The van der Waals surface area contributed by atoms with Crippen molar-refractivity contribution in [2.24, 2.45) is 0 Å². The Kier molecular flexibility index (Phi) is 2.38. The lowest BCUT2D eigenvalue weighted by Crippen LogP contribution is -1.83. The van der Waals surface area contributed by atoms with E-state index in [2.05, 4.69) is 15.1 Å². The molecule has 0 bridgehead atoms. The van der Waals surface area contributed by atoms with Gasteiger partial charge in [-0.3, -0.25) is 4.98 Å². The standard InChI is InChI=1S/C13H9N3O/c1-3-10(12-5-2-6-14-8-12)7-11(4-1)13-15-9-17-16-13/h1-9H. The Morgan fingerprint density at radius 1 is 0.941 bits per heavy atom. The monoisotopic (exact) mass is 223 g/mol. The first-order valence-corrected chi connectivity index (χ1v) is 5.21. The number of pyridine rings is 1. The Hall–Kier alpha value is -2.49. The summed E-state index contributed by atoms with van der Waals surface area (Å²) in [5.74, 6) is 0.593. The summed E-state index contributed by atoms with van der Waals surface area (Å²) in [6.07, 6.45) is 4.91. The highest BCUT2D eigenvalue weighted by Gasteiger charge is 2.04. The summed E-state index contributed by atoms with van der Waals surface area (Å²) in [4.78, 5) is 8.13. The zero-order chi connectivity index (χ0) is 11.5. The summed E-state index contributed by atoms with van der Waals surface area (Å²) in [6, 6.07) is 11.9. The number of rotatable bonds is 2. The molecule has 17 heavy (non-hydrogen) atoms. The van der Waals surface area contributed by atoms with Gasteiger partial charge in [0.25, 0.3) is 0 Å². The Morgan fingerprint density at radius 2 is 1.82 bits per heavy atom. The Morgan fingerprint density at radius 3 is 2.59 bits per heavy atom. The molecule has 0 saturated carbocycles. The second kappa shape index (κ2) is 4.17. The van der Waals surface area contributed by atoms with E-state index in [-0.39, 0.29) is 0 Å². The Balaban J connectivity index is 2.06. The quantitative estimate of drug-likeness (QED) is 0.670. The van der Waals surface area contributed by atoms with E-state index in [0.717, 1.165) is 16.7 Å². The van der Waals surface area contributed by atoms with Crippen LogP contribution < -0.4 is 0 Å². The van der Waals surface area contributed by atoms with Gasteiger partial charge < -0.3 is 4.52 Å². The number of nitrogens with zero attached hydrogens (tertiary/aromatic N) is 3. The van der Waals surface area contributed by atoms with Gasteiger partial charge in [-0.2, -0.15) is 4.98 Å². The third-order valence-electron chi connectivity index (χ3n) is 2.48. The van der Waals surface area contributed by atoms with Crippen molar-refractivity contribution in [3.05, 3.63) is 55.2 Å². The van der Waals surface area contributed by atoms with Crippen LogP contribution in [-0.2, 0) is 0 Å². The Labute approximate surface area is 98.0 Å². The normalized spacial score (nSPS) is 10.4. The molecule has 0 amide bonds. The lowest BCUT2D eigenvalue weighted by atomic mass is 10.0. The van der Waals surface area contributed by atoms with E-state index >= 15 is 0 Å². The minimum Gasteiger partial charge on any atom is -0.342 e. The highest BCUT2D eigenvalue weighted by molar-refractivity contribution is 5.69. The van der Waals surface area contributed by atoms with Gasteiger partial charge in [0, 0.05) is 23.5 Å². The molecule has 0 saturated heterocycles. The van der Waals surface area contributed by atoms with Crippen molar-refractivity contribution < 1.29 is 4.52 Å². The molecule has 2 aromatic heterocycles. The predicted octanol–water partition coefficient (Wildman–Crippen LogP) is 2.80. The van der Waals surface area contributed by atoms with Crippen LogP contribution in [0.3, 0.4) is 0 Å². The van der Waals surface area contributed by atoms with E-state index < -0.39 is 0 Å². The molecule has 0 atom stereocenters. The third-order valence-corrected chi connectivity index (χ3v) is 2.48. The molecule has 0 radical (unpaired) electrons. The smallest absolute Gasteiger partial charge is 0.214 e. The molecular formula is C13H9N3O. The van der Waals surface area contributed by atoms with Crippen LogP contribution in [-0.4, -0.2) is 15.1 Å². The first-order valence-electron chi connectivity index (χ1n) is 5.21. The molecule has 0 aliphatic heterocycles. The topological polar surface area (TPSA) is 51.8 Å². The van der Waals surface area contributed by atoms with Gasteiger partial charge in [-0.05, 0) is 17.7 Å². The van der Waals surface area contributed by atoms with Gasteiger partial charge in [-0.1, -0.05) is 29.4 Å². The number of aromatic nitrogens is 3. The molecular weight excluding hydrogens is 214 g/mol. The molecule has 0 spiro atoms. The second-order valence-corrected chi connectivity index (χ2v) is 3.58. The molecule has 4 nitrogen and oxygen atoms in total. The predicted molar refractivity (Wildman–Crippen MR) is 63.0 cm³/mol. The molecule has 1 aromatic carbocycles. The van der Waals surface area contributed by atoms with Gasteiger partial charge in [0.2, 0.25) is 12.2 Å². The number of benzene rings is 1. The van der Waals surface area contributed by atoms with Crippen molar-refractivity contribution in [2.45, 2.75) is 0 Å². The SMILES string of the molecule is c1cncc(-c2cccc(-c3ncon3)c2)c1. The summed E-state index contributed by atoms with van der Waals surface area (Å²) < 4.78 is 4.74. The summed E-state index contributed by atoms with van der Waals surface area (Å²) in [6.45, 7) is 0. The first-order chi connectivity index (χ1) is 8.43. The molecule has 0 aliphatic rings. The summed E-state index contributed by atoms with van der Waals surface area (Å²) in [5.41, 5.74) is 3.08. The van der Waals surface area contributed by atoms with Gasteiger partial charge >= 0.3 is 0 Å². The Bertz CT molecular complexity index is 606. The lowest BCUT2D eigenvalue weighted by molar-refractivity contribution is 0.419. The van der Waals surface area contributed by atoms with Gasteiger partial charge in [0.05, 0.1) is 0 Å². The molecule has 0 N–H and O–H groups in total. The van der Waals surface area contributed by atoms with Crippen LogP contribution in [0.25, 0.3) is 22.5 Å². The highest BCUT2D eigenvalue weighted by atomic mass is 16.5. The minimum atomic E-state index is 0.593. The highest BCUT2D eigenvalue weighted by Crippen LogP contribution is 2.23. The zero-order valence-corrected chi connectivity index (χ0v) is 8.95. The van der Waals surface area contributed by atoms with Crippen LogP contribution in [0.2, 0.25) is 0 Å². The summed E-state index contributed by atoms with van der Waals surface area (Å²) in [7, 11) is 0. The van der Waals surface area contributed by atoms with Crippen molar-refractivity contribution in [2.75, 3.05) is 0 Å². The average molecular weight is 223 g/mol. The van der Waals surface area contributed by atoms with Crippen LogP contribution in [0.15, 0.2) is 59.7 Å². The zero-order valence-electron chi connectivity index (χ0n) is 8.95. The third kappa shape index (κ3) is 1.92. The average Bonchev–Trinajstić information content (AvgIpc) is 2.94. The first kappa shape index (κ1) is 9.72. The van der Waals surface area contributed by atoms with Gasteiger partial charge in [0.15, 0.2) is 0 Å². The number of hydrogen-bond acceptors (Lipinski definition) is 4. The van der Waals surface area contributed by atoms with Crippen molar-refractivity contribution >= 4 is 0 Å². The van der Waals surface area contributed by atoms with E-state index in [1.807, 2.05) is 42.6 Å². The maximum atomic E-state index is 4.74. The van der Waals surface area contributed by atoms with Crippen LogP contribution in [0.4, 0.5) is 0 Å². The van der Waals surface area contributed by atoms with Gasteiger partial charge in [0.1, 0.15) is 0 Å². The lowest BCUT2D eigenvalue weighted by Gasteiger charge is -2.02. The van der Waals surface area contributed by atoms with E-state index in [1.165, 1.54) is 6.39 Å². The van der Waals surface area contributed by atoms with E-state index in [4.69, 9.17) is 4.52 Å². The molecule has 82 valence electrons. The fourth-order valence-electron chi connectivity index (χ4n) is 1.67. The molecule has 2 heterocycles. The van der Waals surface area contributed by atoms with Crippen LogP contribution in [0.1, 0.15) is 0 Å². The van der Waals surface area contributed by atoms with Crippen molar-refractivity contribution in [1.29, 1.82) is 0 Å². The van der Waals surface area contributed by atoms with Crippen LogP contribution in [0, 0.1) is 0 Å². The van der Waals surface area contributed by atoms with Crippen molar-refractivity contribution in [3.8, 4) is 22.5 Å². The molecule has 0 unspecified atom stereocenters. The molecule has 0 fully saturated rings.